The Kier molecular flexibility index (Phi) is 4.62. The van der Waals surface area contributed by atoms with Crippen LogP contribution in [0.2, 0.25) is 0 Å². The third-order valence-electron chi connectivity index (χ3n) is 3.57. The summed E-state index contributed by atoms with van der Waals surface area (Å²) in [5.41, 5.74) is 5.54. The Bertz CT molecular complexity index is 527. The van der Waals surface area contributed by atoms with Gasteiger partial charge in [0.15, 0.2) is 0 Å². The summed E-state index contributed by atoms with van der Waals surface area (Å²) in [5.74, 6) is 0. The molecule has 1 aromatic rings. The van der Waals surface area contributed by atoms with Crippen LogP contribution in [0.3, 0.4) is 0 Å². The van der Waals surface area contributed by atoms with Gasteiger partial charge in [0.1, 0.15) is 4.21 Å². The first-order valence-electron chi connectivity index (χ1n) is 6.52. The van der Waals surface area contributed by atoms with Gasteiger partial charge in [0.05, 0.1) is 0 Å². The van der Waals surface area contributed by atoms with Gasteiger partial charge in [-0.25, -0.2) is 8.42 Å². The van der Waals surface area contributed by atoms with Gasteiger partial charge in [0.2, 0.25) is 0 Å². The summed E-state index contributed by atoms with van der Waals surface area (Å²) in [7, 11) is -3.35. The van der Waals surface area contributed by atoms with Crippen LogP contribution in [0, 0.1) is 0 Å². The summed E-state index contributed by atoms with van der Waals surface area (Å²) in [4.78, 5) is 3.20. The SMILES string of the molecule is CCN1CCN(S(=O)(=O)c2ccc(CN)s2)CC1C. The van der Waals surface area contributed by atoms with E-state index in [1.165, 1.54) is 11.3 Å². The molecule has 0 amide bonds. The van der Waals surface area contributed by atoms with Crippen LogP contribution >= 0.6 is 11.3 Å². The molecule has 7 heteroatoms. The van der Waals surface area contributed by atoms with Gasteiger partial charge in [-0.15, -0.1) is 11.3 Å². The summed E-state index contributed by atoms with van der Waals surface area (Å²) < 4.78 is 27.1. The molecule has 2 N–H and O–H groups in total. The van der Waals surface area contributed by atoms with Crippen LogP contribution in [0.25, 0.3) is 0 Å². The normalized spacial score (nSPS) is 22.8. The van der Waals surface area contributed by atoms with Crippen molar-refractivity contribution in [2.75, 3.05) is 26.2 Å². The van der Waals surface area contributed by atoms with Crippen LogP contribution in [0.5, 0.6) is 0 Å². The molecule has 0 aromatic carbocycles. The Morgan fingerprint density at radius 1 is 1.42 bits per heavy atom. The van der Waals surface area contributed by atoms with Crippen LogP contribution in [0.4, 0.5) is 0 Å². The zero-order chi connectivity index (χ0) is 14.0. The highest BCUT2D eigenvalue weighted by atomic mass is 32.2. The second-order valence-corrected chi connectivity index (χ2v) is 8.10. The number of thiophene rings is 1. The van der Waals surface area contributed by atoms with E-state index in [0.29, 0.717) is 23.8 Å². The Balaban J connectivity index is 2.17. The molecule has 0 aliphatic carbocycles. The summed E-state index contributed by atoms with van der Waals surface area (Å²) in [6.07, 6.45) is 0. The van der Waals surface area contributed by atoms with E-state index in [0.717, 1.165) is 18.0 Å². The highest BCUT2D eigenvalue weighted by Crippen LogP contribution is 2.26. The number of hydrogen-bond donors (Lipinski definition) is 1. The van der Waals surface area contributed by atoms with Gasteiger partial charge in [-0.2, -0.15) is 4.31 Å². The van der Waals surface area contributed by atoms with E-state index in [9.17, 15) is 8.42 Å². The lowest BCUT2D eigenvalue weighted by atomic mass is 10.2. The monoisotopic (exact) mass is 303 g/mol. The van der Waals surface area contributed by atoms with Crippen molar-refractivity contribution >= 4 is 21.4 Å². The number of likely N-dealkylation sites (N-methyl/N-ethyl adjacent to an activating group) is 1. The molecule has 0 radical (unpaired) electrons. The summed E-state index contributed by atoms with van der Waals surface area (Å²) in [6.45, 7) is 7.46. The molecule has 1 aliphatic heterocycles. The van der Waals surface area contributed by atoms with Crippen molar-refractivity contribution in [2.45, 2.75) is 30.6 Å². The quantitative estimate of drug-likeness (QED) is 0.898. The number of nitrogens with zero attached hydrogens (tertiary/aromatic N) is 2. The topological polar surface area (TPSA) is 66.6 Å². The molecule has 1 atom stereocenters. The lowest BCUT2D eigenvalue weighted by Crippen LogP contribution is -2.53. The minimum atomic E-state index is -3.35. The lowest BCUT2D eigenvalue weighted by Gasteiger charge is -2.38. The van der Waals surface area contributed by atoms with E-state index < -0.39 is 10.0 Å². The molecule has 1 saturated heterocycles. The van der Waals surface area contributed by atoms with E-state index in [-0.39, 0.29) is 6.04 Å². The molecule has 0 bridgehead atoms. The van der Waals surface area contributed by atoms with Gasteiger partial charge in [-0.3, -0.25) is 4.90 Å². The molecular formula is C12H21N3O2S2. The minimum absolute atomic E-state index is 0.266. The highest BCUT2D eigenvalue weighted by Gasteiger charge is 2.32. The number of sulfonamides is 1. The van der Waals surface area contributed by atoms with E-state index in [4.69, 9.17) is 5.73 Å². The molecule has 2 heterocycles. The zero-order valence-electron chi connectivity index (χ0n) is 11.4. The van der Waals surface area contributed by atoms with Crippen LogP contribution in [0.1, 0.15) is 18.7 Å². The summed E-state index contributed by atoms with van der Waals surface area (Å²) in [5, 5.41) is 0. The fraction of sp³-hybridized carbons (Fsp3) is 0.667. The van der Waals surface area contributed by atoms with Crippen LogP contribution in [0.15, 0.2) is 16.3 Å². The van der Waals surface area contributed by atoms with Gasteiger partial charge >= 0.3 is 0 Å². The Hall–Kier alpha value is -0.470. The van der Waals surface area contributed by atoms with Crippen molar-refractivity contribution in [2.24, 2.45) is 5.73 Å². The Morgan fingerprint density at radius 3 is 2.68 bits per heavy atom. The molecular weight excluding hydrogens is 282 g/mol. The lowest BCUT2D eigenvalue weighted by molar-refractivity contribution is 0.136. The van der Waals surface area contributed by atoms with E-state index in [1.807, 2.05) is 0 Å². The van der Waals surface area contributed by atoms with Gasteiger partial charge < -0.3 is 5.73 Å². The second kappa shape index (κ2) is 5.88. The van der Waals surface area contributed by atoms with Crippen molar-refractivity contribution in [1.82, 2.24) is 9.21 Å². The zero-order valence-corrected chi connectivity index (χ0v) is 13.0. The third-order valence-corrected chi connectivity index (χ3v) is 7.01. The molecule has 1 aromatic heterocycles. The molecule has 108 valence electrons. The average molecular weight is 303 g/mol. The van der Waals surface area contributed by atoms with Crippen molar-refractivity contribution in [1.29, 1.82) is 0 Å². The average Bonchev–Trinajstić information content (AvgIpc) is 2.88. The Morgan fingerprint density at radius 2 is 2.16 bits per heavy atom. The fourth-order valence-corrected chi connectivity index (χ4v) is 5.28. The van der Waals surface area contributed by atoms with Gasteiger partial charge in [0.25, 0.3) is 10.0 Å². The van der Waals surface area contributed by atoms with Gasteiger partial charge in [-0.1, -0.05) is 6.92 Å². The third kappa shape index (κ3) is 3.00. The van der Waals surface area contributed by atoms with Crippen LogP contribution in [-0.2, 0) is 16.6 Å². The van der Waals surface area contributed by atoms with E-state index in [2.05, 4.69) is 18.7 Å². The summed E-state index contributed by atoms with van der Waals surface area (Å²) >= 11 is 1.27. The maximum Gasteiger partial charge on any atom is 0.252 e. The smallest absolute Gasteiger partial charge is 0.252 e. The van der Waals surface area contributed by atoms with E-state index in [1.54, 1.807) is 16.4 Å². The number of rotatable bonds is 4. The molecule has 0 saturated carbocycles. The standard InChI is InChI=1S/C12H21N3O2S2/c1-3-14-6-7-15(9-10(14)2)19(16,17)12-5-4-11(8-13)18-12/h4-5,10H,3,6-9,13H2,1-2H3. The fourth-order valence-electron chi connectivity index (χ4n) is 2.38. The number of piperazine rings is 1. The molecule has 1 fully saturated rings. The molecule has 1 aliphatic rings. The van der Waals surface area contributed by atoms with E-state index >= 15 is 0 Å². The van der Waals surface area contributed by atoms with Crippen molar-refractivity contribution in [3.05, 3.63) is 17.0 Å². The first kappa shape index (κ1) is 14.9. The molecule has 1 unspecified atom stereocenters. The van der Waals surface area contributed by atoms with Crippen LogP contribution in [-0.4, -0.2) is 49.8 Å². The molecule has 2 rings (SSSR count). The van der Waals surface area contributed by atoms with Crippen LogP contribution < -0.4 is 5.73 Å². The molecule has 5 nitrogen and oxygen atoms in total. The molecule has 0 spiro atoms. The predicted molar refractivity (Wildman–Crippen MR) is 77.7 cm³/mol. The summed E-state index contributed by atoms with van der Waals surface area (Å²) in [6, 6.07) is 3.73. The first-order valence-corrected chi connectivity index (χ1v) is 8.77. The number of hydrogen-bond acceptors (Lipinski definition) is 5. The molecule has 19 heavy (non-hydrogen) atoms. The van der Waals surface area contributed by atoms with Crippen molar-refractivity contribution in [3.8, 4) is 0 Å². The van der Waals surface area contributed by atoms with Gasteiger partial charge in [0, 0.05) is 37.1 Å². The Labute approximate surface area is 119 Å². The highest BCUT2D eigenvalue weighted by molar-refractivity contribution is 7.91. The second-order valence-electron chi connectivity index (χ2n) is 4.77. The van der Waals surface area contributed by atoms with Crippen molar-refractivity contribution in [3.63, 3.8) is 0 Å². The predicted octanol–water partition coefficient (Wildman–Crippen LogP) is 0.921. The maximum absolute atomic E-state index is 12.5. The number of nitrogens with two attached hydrogens (primary N) is 1. The minimum Gasteiger partial charge on any atom is -0.326 e. The largest absolute Gasteiger partial charge is 0.326 e. The maximum atomic E-state index is 12.5. The van der Waals surface area contributed by atoms with Gasteiger partial charge in [-0.05, 0) is 25.6 Å². The van der Waals surface area contributed by atoms with Crippen molar-refractivity contribution < 1.29 is 8.42 Å². The first-order chi connectivity index (χ1) is 8.98.